The van der Waals surface area contributed by atoms with Crippen LogP contribution in [-0.2, 0) is 6.42 Å². The summed E-state index contributed by atoms with van der Waals surface area (Å²) in [5.74, 6) is -10.8. The number of hydrogen-bond donors (Lipinski definition) is 1. The van der Waals surface area contributed by atoms with E-state index in [0.29, 0.717) is 0 Å². The molecule has 0 radical (unpaired) electrons. The molecule has 0 saturated heterocycles. The smallest absolute Gasteiger partial charge is 0.269 e. The molecule has 0 spiro atoms. The van der Waals surface area contributed by atoms with E-state index >= 15 is 0 Å². The summed E-state index contributed by atoms with van der Waals surface area (Å²) in [6.07, 6.45) is -1.10. The maximum Gasteiger partial charge on any atom is 0.269 e. The Bertz CT molecular complexity index is 811. The molecular weight excluding hydrogens is 351 g/mol. The van der Waals surface area contributed by atoms with E-state index in [9.17, 15) is 32.1 Å². The van der Waals surface area contributed by atoms with Gasteiger partial charge in [-0.1, -0.05) is 0 Å². The number of non-ortho nitro benzene ring substituents is 1. The third-order valence-electron chi connectivity index (χ3n) is 3.19. The molecule has 0 heterocycles. The first-order valence-corrected chi connectivity index (χ1v) is 6.72. The largest absolute Gasteiger partial charge is 0.444 e. The van der Waals surface area contributed by atoms with E-state index in [2.05, 4.69) is 0 Å². The van der Waals surface area contributed by atoms with E-state index in [-0.39, 0.29) is 11.4 Å². The van der Waals surface area contributed by atoms with Gasteiger partial charge in [-0.3, -0.25) is 15.5 Å². The van der Waals surface area contributed by atoms with Crippen molar-refractivity contribution in [2.24, 2.45) is 0 Å². The fraction of sp³-hybridized carbons (Fsp3) is 0.133. The molecule has 0 aliphatic carbocycles. The fourth-order valence-electron chi connectivity index (χ4n) is 1.94. The zero-order valence-electron chi connectivity index (χ0n) is 12.3. The molecule has 0 bridgehead atoms. The second-order valence-electron chi connectivity index (χ2n) is 4.82. The van der Waals surface area contributed by atoms with Gasteiger partial charge in [-0.15, -0.1) is 0 Å². The summed E-state index contributed by atoms with van der Waals surface area (Å²) in [7, 11) is 0. The first-order chi connectivity index (χ1) is 11.7. The first kappa shape index (κ1) is 18.3. The van der Waals surface area contributed by atoms with Crippen LogP contribution in [0.3, 0.4) is 0 Å². The predicted octanol–water partition coefficient (Wildman–Crippen LogP) is 4.28. The zero-order valence-corrected chi connectivity index (χ0v) is 12.3. The summed E-state index contributed by atoms with van der Waals surface area (Å²) in [5.41, 5.74) is -1.26. The molecule has 0 amide bonds. The van der Waals surface area contributed by atoms with Crippen LogP contribution in [0.5, 0.6) is 5.75 Å². The summed E-state index contributed by atoms with van der Waals surface area (Å²) >= 11 is 0. The average molecular weight is 360 g/mol. The second kappa shape index (κ2) is 7.24. The van der Waals surface area contributed by atoms with Crippen LogP contribution < -0.4 is 4.74 Å². The summed E-state index contributed by atoms with van der Waals surface area (Å²) in [6.45, 7) is 0. The van der Waals surface area contributed by atoms with Crippen LogP contribution in [0.1, 0.15) is 12.0 Å². The maximum absolute atomic E-state index is 13.5. The Morgan fingerprint density at radius 2 is 1.44 bits per heavy atom. The maximum atomic E-state index is 13.5. The molecule has 0 aliphatic rings. The van der Waals surface area contributed by atoms with E-state index in [4.69, 9.17) is 10.1 Å². The molecule has 2 aromatic carbocycles. The Labute approximate surface area is 137 Å². The molecule has 0 unspecified atom stereocenters. The lowest BCUT2D eigenvalue weighted by atomic mass is 10.1. The minimum atomic E-state index is -2.25. The molecule has 10 heteroatoms. The van der Waals surface area contributed by atoms with Crippen molar-refractivity contribution in [2.45, 2.75) is 12.8 Å². The average Bonchev–Trinajstić information content (AvgIpc) is 2.58. The number of nitro benzene ring substituents is 1. The number of rotatable bonds is 5. The highest BCUT2D eigenvalue weighted by Crippen LogP contribution is 2.24. The third kappa shape index (κ3) is 3.90. The van der Waals surface area contributed by atoms with Crippen LogP contribution in [0.2, 0.25) is 0 Å². The number of hydrogen-bond acceptors (Lipinski definition) is 4. The summed E-state index contributed by atoms with van der Waals surface area (Å²) in [6, 6.07) is 4.63. The number of ether oxygens (including phenoxy) is 1. The van der Waals surface area contributed by atoms with Gasteiger partial charge in [0.25, 0.3) is 5.69 Å². The summed E-state index contributed by atoms with van der Waals surface area (Å²) < 4.78 is 71.1. The van der Waals surface area contributed by atoms with Crippen molar-refractivity contribution in [3.63, 3.8) is 0 Å². The van der Waals surface area contributed by atoms with Crippen LogP contribution in [0.15, 0.2) is 24.3 Å². The van der Waals surface area contributed by atoms with Gasteiger partial charge >= 0.3 is 0 Å². The quantitative estimate of drug-likeness (QED) is 0.164. The Balaban J connectivity index is 2.07. The first-order valence-electron chi connectivity index (χ1n) is 6.72. The molecule has 0 atom stereocenters. The van der Waals surface area contributed by atoms with Gasteiger partial charge in [0.2, 0.25) is 5.82 Å². The predicted molar refractivity (Wildman–Crippen MR) is 76.0 cm³/mol. The standard InChI is InChI=1S/C15H9F5N2O3/c16-11-9(12(17)14(19)15(20)13(11)18)5-6-10(21)25-8-3-1-7(2-4-8)22(23)24/h1-4,21H,5-6H2. The lowest BCUT2D eigenvalue weighted by molar-refractivity contribution is -0.384. The molecule has 132 valence electrons. The Kier molecular flexibility index (Phi) is 5.30. The SMILES string of the molecule is N=C(CCc1c(F)c(F)c(F)c(F)c1F)Oc1ccc([N+](=O)[O-])cc1. The number of nitrogens with one attached hydrogen (secondary N) is 1. The monoisotopic (exact) mass is 360 g/mol. The van der Waals surface area contributed by atoms with Crippen molar-refractivity contribution >= 4 is 11.6 Å². The third-order valence-corrected chi connectivity index (χ3v) is 3.19. The lowest BCUT2D eigenvalue weighted by Crippen LogP contribution is -2.12. The molecule has 0 aromatic heterocycles. The molecule has 0 saturated carbocycles. The van der Waals surface area contributed by atoms with Crippen molar-refractivity contribution in [3.05, 3.63) is 69.0 Å². The van der Waals surface area contributed by atoms with Crippen molar-refractivity contribution in [3.8, 4) is 5.75 Å². The lowest BCUT2D eigenvalue weighted by Gasteiger charge is -2.09. The molecule has 2 aromatic rings. The van der Waals surface area contributed by atoms with E-state index in [0.717, 1.165) is 12.1 Å². The Hall–Kier alpha value is -3.04. The molecular formula is C15H9F5N2O3. The van der Waals surface area contributed by atoms with Crippen molar-refractivity contribution in [2.75, 3.05) is 0 Å². The van der Waals surface area contributed by atoms with Gasteiger partial charge in [0.05, 0.1) is 4.92 Å². The molecule has 0 fully saturated rings. The van der Waals surface area contributed by atoms with Gasteiger partial charge < -0.3 is 4.74 Å². The zero-order chi connectivity index (χ0) is 18.7. The van der Waals surface area contributed by atoms with Gasteiger partial charge in [-0.25, -0.2) is 22.0 Å². The van der Waals surface area contributed by atoms with Gasteiger partial charge in [-0.2, -0.15) is 0 Å². The normalized spacial score (nSPS) is 10.6. The molecule has 5 nitrogen and oxygen atoms in total. The molecule has 0 aliphatic heterocycles. The minimum Gasteiger partial charge on any atom is -0.444 e. The van der Waals surface area contributed by atoms with Crippen LogP contribution in [-0.4, -0.2) is 10.8 Å². The van der Waals surface area contributed by atoms with E-state index in [1.807, 2.05) is 0 Å². The molecule has 2 rings (SSSR count). The topological polar surface area (TPSA) is 76.2 Å². The van der Waals surface area contributed by atoms with Crippen molar-refractivity contribution in [1.82, 2.24) is 0 Å². The minimum absolute atomic E-state index is 0.0491. The van der Waals surface area contributed by atoms with E-state index in [1.165, 1.54) is 12.1 Å². The number of nitro groups is 1. The highest BCUT2D eigenvalue weighted by molar-refractivity contribution is 5.75. The Morgan fingerprint density at radius 3 is 1.92 bits per heavy atom. The Morgan fingerprint density at radius 1 is 0.960 bits per heavy atom. The number of halogens is 5. The van der Waals surface area contributed by atoms with Crippen LogP contribution >= 0.6 is 0 Å². The molecule has 1 N–H and O–H groups in total. The highest BCUT2D eigenvalue weighted by atomic mass is 19.2. The highest BCUT2D eigenvalue weighted by Gasteiger charge is 2.25. The van der Waals surface area contributed by atoms with Crippen LogP contribution in [0.25, 0.3) is 0 Å². The number of benzene rings is 2. The van der Waals surface area contributed by atoms with E-state index in [1.54, 1.807) is 0 Å². The van der Waals surface area contributed by atoms with Crippen LogP contribution in [0, 0.1) is 44.6 Å². The van der Waals surface area contributed by atoms with Crippen molar-refractivity contribution in [1.29, 1.82) is 5.41 Å². The van der Waals surface area contributed by atoms with Gasteiger partial charge in [0, 0.05) is 24.1 Å². The summed E-state index contributed by atoms with van der Waals surface area (Å²) in [5, 5.41) is 18.0. The van der Waals surface area contributed by atoms with Gasteiger partial charge in [0.15, 0.2) is 29.2 Å². The van der Waals surface area contributed by atoms with Crippen LogP contribution in [0.4, 0.5) is 27.6 Å². The van der Waals surface area contributed by atoms with E-state index < -0.39 is 58.3 Å². The van der Waals surface area contributed by atoms with Crippen molar-refractivity contribution < 1.29 is 31.6 Å². The summed E-state index contributed by atoms with van der Waals surface area (Å²) in [4.78, 5) is 9.86. The van der Waals surface area contributed by atoms with Gasteiger partial charge in [-0.05, 0) is 18.6 Å². The number of nitrogens with zero attached hydrogens (tertiary/aromatic N) is 1. The fourth-order valence-corrected chi connectivity index (χ4v) is 1.94. The second-order valence-corrected chi connectivity index (χ2v) is 4.82. The molecule has 25 heavy (non-hydrogen) atoms. The van der Waals surface area contributed by atoms with Gasteiger partial charge in [0.1, 0.15) is 5.75 Å².